The Labute approximate surface area is 114 Å². The zero-order valence-electron chi connectivity index (χ0n) is 10.9. The van der Waals surface area contributed by atoms with Gasteiger partial charge in [0.15, 0.2) is 0 Å². The van der Waals surface area contributed by atoms with Gasteiger partial charge in [-0.05, 0) is 24.3 Å². The molecule has 0 amide bonds. The topological polar surface area (TPSA) is 18.5 Å². The Hall–Kier alpha value is -2.24. The molecule has 0 spiro atoms. The summed E-state index contributed by atoms with van der Waals surface area (Å²) in [6.45, 7) is 1.10. The summed E-state index contributed by atoms with van der Waals surface area (Å²) in [5.41, 5.74) is 1.89. The smallest absolute Gasteiger partial charge is 0.135 e. The van der Waals surface area contributed by atoms with Gasteiger partial charge in [-0.1, -0.05) is 42.2 Å². The van der Waals surface area contributed by atoms with Crippen molar-refractivity contribution in [3.63, 3.8) is 0 Å². The molecule has 2 rings (SSSR count). The summed E-state index contributed by atoms with van der Waals surface area (Å²) in [5.74, 6) is 7.07. The van der Waals surface area contributed by atoms with Crippen LogP contribution in [-0.2, 0) is 4.74 Å². The second-order valence-corrected chi connectivity index (χ2v) is 3.95. The lowest BCUT2D eigenvalue weighted by Gasteiger charge is -2.06. The van der Waals surface area contributed by atoms with Gasteiger partial charge in [0.25, 0.3) is 0 Å². The molecule has 0 bridgehead atoms. The third-order valence-corrected chi connectivity index (χ3v) is 2.55. The van der Waals surface area contributed by atoms with Crippen LogP contribution in [0.4, 0.5) is 0 Å². The van der Waals surface area contributed by atoms with E-state index < -0.39 is 0 Å². The molecule has 0 saturated heterocycles. The van der Waals surface area contributed by atoms with E-state index in [0.29, 0.717) is 13.2 Å². The largest absolute Gasteiger partial charge is 0.490 e. The Balaban J connectivity index is 2.14. The van der Waals surface area contributed by atoms with E-state index in [9.17, 15) is 0 Å². The maximum absolute atomic E-state index is 5.64. The summed E-state index contributed by atoms with van der Waals surface area (Å²) in [6, 6.07) is 17.7. The van der Waals surface area contributed by atoms with Gasteiger partial charge in [0, 0.05) is 12.7 Å². The SMILES string of the molecule is COCCOc1ccccc1C#Cc1ccccc1. The second-order valence-electron chi connectivity index (χ2n) is 3.95. The number of hydrogen-bond donors (Lipinski definition) is 0. The van der Waals surface area contributed by atoms with Gasteiger partial charge in [-0.3, -0.25) is 0 Å². The van der Waals surface area contributed by atoms with Gasteiger partial charge < -0.3 is 9.47 Å². The van der Waals surface area contributed by atoms with E-state index in [2.05, 4.69) is 11.8 Å². The monoisotopic (exact) mass is 252 g/mol. The third-order valence-electron chi connectivity index (χ3n) is 2.55. The predicted octanol–water partition coefficient (Wildman–Crippen LogP) is 3.11. The lowest BCUT2D eigenvalue weighted by atomic mass is 10.1. The molecule has 0 N–H and O–H groups in total. The summed E-state index contributed by atoms with van der Waals surface area (Å²) in [5, 5.41) is 0. The van der Waals surface area contributed by atoms with Crippen LogP contribution >= 0.6 is 0 Å². The van der Waals surface area contributed by atoms with Crippen LogP contribution in [0.2, 0.25) is 0 Å². The van der Waals surface area contributed by atoms with Crippen molar-refractivity contribution in [2.45, 2.75) is 0 Å². The minimum atomic E-state index is 0.528. The summed E-state index contributed by atoms with van der Waals surface area (Å²) in [4.78, 5) is 0. The molecule has 0 radical (unpaired) electrons. The molecule has 0 aromatic heterocycles. The Bertz CT molecular complexity index is 565. The van der Waals surface area contributed by atoms with Crippen LogP contribution in [0, 0.1) is 11.8 Å². The highest BCUT2D eigenvalue weighted by molar-refractivity contribution is 5.49. The number of ether oxygens (including phenoxy) is 2. The molecule has 2 nitrogen and oxygen atoms in total. The number of para-hydroxylation sites is 1. The van der Waals surface area contributed by atoms with Crippen molar-refractivity contribution >= 4 is 0 Å². The normalized spacial score (nSPS) is 9.53. The zero-order valence-corrected chi connectivity index (χ0v) is 10.9. The first-order valence-electron chi connectivity index (χ1n) is 6.18. The summed E-state index contributed by atoms with van der Waals surface area (Å²) >= 11 is 0. The molecule has 0 aliphatic heterocycles. The van der Waals surface area contributed by atoms with Crippen LogP contribution in [0.25, 0.3) is 0 Å². The lowest BCUT2D eigenvalue weighted by Crippen LogP contribution is -2.05. The van der Waals surface area contributed by atoms with Crippen LogP contribution in [0.3, 0.4) is 0 Å². The van der Waals surface area contributed by atoms with Crippen LogP contribution in [0.15, 0.2) is 54.6 Å². The third kappa shape index (κ3) is 4.17. The molecule has 0 unspecified atom stereocenters. The van der Waals surface area contributed by atoms with E-state index in [4.69, 9.17) is 9.47 Å². The highest BCUT2D eigenvalue weighted by Gasteiger charge is 1.99. The summed E-state index contributed by atoms with van der Waals surface area (Å²) < 4.78 is 10.6. The van der Waals surface area contributed by atoms with E-state index >= 15 is 0 Å². The van der Waals surface area contributed by atoms with Gasteiger partial charge in [0.1, 0.15) is 12.4 Å². The van der Waals surface area contributed by atoms with Crippen LogP contribution in [0.1, 0.15) is 11.1 Å². The van der Waals surface area contributed by atoms with Crippen LogP contribution in [-0.4, -0.2) is 20.3 Å². The van der Waals surface area contributed by atoms with E-state index in [0.717, 1.165) is 16.9 Å². The molecule has 19 heavy (non-hydrogen) atoms. The minimum Gasteiger partial charge on any atom is -0.490 e. The molecule has 2 aromatic carbocycles. The molecule has 0 saturated carbocycles. The molecule has 96 valence electrons. The van der Waals surface area contributed by atoms with E-state index in [1.807, 2.05) is 54.6 Å². The summed E-state index contributed by atoms with van der Waals surface area (Å²) in [6.07, 6.45) is 0. The standard InChI is InChI=1S/C17H16O2/c1-18-13-14-19-17-10-6-5-9-16(17)12-11-15-7-3-2-4-8-15/h2-10H,13-14H2,1H3. The highest BCUT2D eigenvalue weighted by Crippen LogP contribution is 2.16. The zero-order chi connectivity index (χ0) is 13.3. The molecule has 0 fully saturated rings. The Morgan fingerprint density at radius 3 is 2.37 bits per heavy atom. The van der Waals surface area contributed by atoms with Gasteiger partial charge in [0.05, 0.1) is 12.2 Å². The van der Waals surface area contributed by atoms with E-state index in [1.165, 1.54) is 0 Å². The highest BCUT2D eigenvalue weighted by atomic mass is 16.5. The van der Waals surface area contributed by atoms with Crippen LogP contribution < -0.4 is 4.74 Å². The first-order valence-corrected chi connectivity index (χ1v) is 6.18. The van der Waals surface area contributed by atoms with Crippen molar-refractivity contribution in [3.05, 3.63) is 65.7 Å². The molecular formula is C17H16O2. The van der Waals surface area contributed by atoms with Crippen molar-refractivity contribution in [3.8, 4) is 17.6 Å². The number of benzene rings is 2. The average molecular weight is 252 g/mol. The van der Waals surface area contributed by atoms with Gasteiger partial charge in [-0.15, -0.1) is 0 Å². The maximum Gasteiger partial charge on any atom is 0.135 e. The quantitative estimate of drug-likeness (QED) is 0.615. The lowest BCUT2D eigenvalue weighted by molar-refractivity contribution is 0.146. The number of methoxy groups -OCH3 is 1. The van der Waals surface area contributed by atoms with Crippen molar-refractivity contribution in [2.24, 2.45) is 0 Å². The number of hydrogen-bond acceptors (Lipinski definition) is 2. The van der Waals surface area contributed by atoms with Gasteiger partial charge >= 0.3 is 0 Å². The first kappa shape index (κ1) is 13.2. The molecule has 0 aliphatic rings. The predicted molar refractivity (Wildman–Crippen MR) is 76.2 cm³/mol. The summed E-state index contributed by atoms with van der Waals surface area (Å²) in [7, 11) is 1.66. The molecule has 0 atom stereocenters. The average Bonchev–Trinajstić information content (AvgIpc) is 2.48. The fourth-order valence-electron chi connectivity index (χ4n) is 1.59. The Morgan fingerprint density at radius 2 is 1.58 bits per heavy atom. The second kappa shape index (κ2) is 7.25. The van der Waals surface area contributed by atoms with Crippen molar-refractivity contribution in [1.29, 1.82) is 0 Å². The molecule has 2 heteroatoms. The van der Waals surface area contributed by atoms with Gasteiger partial charge in [0.2, 0.25) is 0 Å². The fraction of sp³-hybridized carbons (Fsp3) is 0.176. The Morgan fingerprint density at radius 1 is 0.842 bits per heavy atom. The molecule has 2 aromatic rings. The van der Waals surface area contributed by atoms with Crippen molar-refractivity contribution in [2.75, 3.05) is 20.3 Å². The maximum atomic E-state index is 5.64. The fourth-order valence-corrected chi connectivity index (χ4v) is 1.59. The van der Waals surface area contributed by atoms with Gasteiger partial charge in [-0.2, -0.15) is 0 Å². The van der Waals surface area contributed by atoms with Gasteiger partial charge in [-0.25, -0.2) is 0 Å². The molecule has 0 heterocycles. The van der Waals surface area contributed by atoms with Crippen molar-refractivity contribution < 1.29 is 9.47 Å². The Kier molecular flexibility index (Phi) is 5.04. The number of rotatable bonds is 4. The minimum absolute atomic E-state index is 0.528. The van der Waals surface area contributed by atoms with Crippen LogP contribution in [0.5, 0.6) is 5.75 Å². The molecular weight excluding hydrogens is 236 g/mol. The van der Waals surface area contributed by atoms with E-state index in [-0.39, 0.29) is 0 Å². The molecule has 0 aliphatic carbocycles. The first-order chi connectivity index (χ1) is 9.40. The van der Waals surface area contributed by atoms with Crippen molar-refractivity contribution in [1.82, 2.24) is 0 Å². The van der Waals surface area contributed by atoms with E-state index in [1.54, 1.807) is 7.11 Å².